The van der Waals surface area contributed by atoms with Gasteiger partial charge in [-0.15, -0.1) is 0 Å². The summed E-state index contributed by atoms with van der Waals surface area (Å²) in [6.07, 6.45) is 14.5. The van der Waals surface area contributed by atoms with Crippen molar-refractivity contribution in [1.29, 1.82) is 0 Å². The van der Waals surface area contributed by atoms with Gasteiger partial charge in [0.2, 0.25) is 0 Å². The second kappa shape index (κ2) is 12.0. The van der Waals surface area contributed by atoms with Crippen molar-refractivity contribution >= 4 is 11.8 Å². The molecule has 1 aliphatic rings. The minimum Gasteiger partial charge on any atom is -0.481 e. The molecule has 0 aromatic carbocycles. The number of rotatable bonds is 12. The largest absolute Gasteiger partial charge is 0.481 e. The highest BCUT2D eigenvalue weighted by Gasteiger charge is 2.31. The molecule has 25 heavy (non-hydrogen) atoms. The van der Waals surface area contributed by atoms with E-state index in [1.54, 1.807) is 0 Å². The molecule has 0 aromatic heterocycles. The number of hydrogen-bond acceptors (Lipinski definition) is 3. The summed E-state index contributed by atoms with van der Waals surface area (Å²) < 4.78 is 0. The van der Waals surface area contributed by atoms with Crippen LogP contribution in [0.15, 0.2) is 24.3 Å². The number of Topliss-reactive ketones (excluding diaryl/α,β-unsaturated/α-hetero) is 1. The first-order valence-corrected chi connectivity index (χ1v) is 9.69. The Hall–Kier alpha value is -1.42. The average Bonchev–Trinajstić information content (AvgIpc) is 2.91. The van der Waals surface area contributed by atoms with E-state index >= 15 is 0 Å². The number of carboxylic acid groups (broad SMARTS) is 1. The molecule has 0 radical (unpaired) electrons. The number of unbranched alkanes of at least 4 members (excludes halogenated alkanes) is 1. The smallest absolute Gasteiger partial charge is 0.303 e. The van der Waals surface area contributed by atoms with E-state index in [4.69, 9.17) is 5.11 Å². The molecule has 1 saturated carbocycles. The lowest BCUT2D eigenvalue weighted by Crippen LogP contribution is -2.16. The maximum absolute atomic E-state index is 12.1. The van der Waals surface area contributed by atoms with Gasteiger partial charge in [0.1, 0.15) is 5.78 Å². The average molecular weight is 350 g/mol. The number of carbonyl (C=O) groups is 2. The number of aliphatic hydroxyl groups is 1. The molecule has 142 valence electrons. The molecule has 0 saturated heterocycles. The number of carboxylic acids is 1. The van der Waals surface area contributed by atoms with Crippen LogP contribution in [0, 0.1) is 17.8 Å². The van der Waals surface area contributed by atoms with Crippen molar-refractivity contribution < 1.29 is 19.8 Å². The molecule has 0 heterocycles. The zero-order chi connectivity index (χ0) is 18.7. The number of ketones is 1. The van der Waals surface area contributed by atoms with E-state index in [1.807, 2.05) is 18.2 Å². The third-order valence-electron chi connectivity index (χ3n) is 5.13. The Kier molecular flexibility index (Phi) is 10.4. The second-order valence-electron chi connectivity index (χ2n) is 7.27. The van der Waals surface area contributed by atoms with Crippen molar-refractivity contribution in [1.82, 2.24) is 0 Å². The van der Waals surface area contributed by atoms with E-state index < -0.39 is 5.97 Å². The first-order chi connectivity index (χ1) is 12.0. The van der Waals surface area contributed by atoms with Gasteiger partial charge in [-0.3, -0.25) is 9.59 Å². The molecule has 1 rings (SSSR count). The van der Waals surface area contributed by atoms with Crippen molar-refractivity contribution in [3.8, 4) is 0 Å². The third-order valence-corrected chi connectivity index (χ3v) is 5.13. The van der Waals surface area contributed by atoms with Crippen LogP contribution in [-0.2, 0) is 9.59 Å². The Morgan fingerprint density at radius 2 is 2.08 bits per heavy atom. The van der Waals surface area contributed by atoms with E-state index in [-0.39, 0.29) is 24.4 Å². The Morgan fingerprint density at radius 3 is 2.76 bits per heavy atom. The summed E-state index contributed by atoms with van der Waals surface area (Å²) in [5.41, 5.74) is 0. The molecule has 4 nitrogen and oxygen atoms in total. The van der Waals surface area contributed by atoms with Gasteiger partial charge in [0, 0.05) is 18.8 Å². The summed E-state index contributed by atoms with van der Waals surface area (Å²) in [4.78, 5) is 22.5. The molecule has 0 aromatic rings. The van der Waals surface area contributed by atoms with Crippen LogP contribution in [0.25, 0.3) is 0 Å². The Balaban J connectivity index is 2.39. The lowest BCUT2D eigenvalue weighted by atomic mass is 9.90. The van der Waals surface area contributed by atoms with Crippen LogP contribution in [0.3, 0.4) is 0 Å². The molecule has 0 amide bonds. The van der Waals surface area contributed by atoms with Gasteiger partial charge < -0.3 is 10.2 Å². The molecular weight excluding hydrogens is 316 g/mol. The van der Waals surface area contributed by atoms with Gasteiger partial charge in [-0.05, 0) is 50.4 Å². The molecule has 4 atom stereocenters. The van der Waals surface area contributed by atoms with Crippen LogP contribution in [0.4, 0.5) is 0 Å². The van der Waals surface area contributed by atoms with Crippen molar-refractivity contribution in [3.05, 3.63) is 24.3 Å². The number of aliphatic hydroxyl groups excluding tert-OH is 1. The number of aliphatic carboxylic acids is 1. The van der Waals surface area contributed by atoms with Crippen molar-refractivity contribution in [2.24, 2.45) is 17.8 Å². The molecule has 2 N–H and O–H groups in total. The first-order valence-electron chi connectivity index (χ1n) is 9.69. The molecule has 0 bridgehead atoms. The van der Waals surface area contributed by atoms with E-state index in [0.717, 1.165) is 32.1 Å². The Labute approximate surface area is 152 Å². The summed E-state index contributed by atoms with van der Waals surface area (Å²) in [5, 5.41) is 18.7. The van der Waals surface area contributed by atoms with E-state index in [2.05, 4.69) is 19.9 Å². The van der Waals surface area contributed by atoms with Gasteiger partial charge in [-0.1, -0.05) is 44.6 Å². The van der Waals surface area contributed by atoms with Gasteiger partial charge in [0.05, 0.1) is 6.10 Å². The zero-order valence-electron chi connectivity index (χ0n) is 15.7. The van der Waals surface area contributed by atoms with Gasteiger partial charge in [0.15, 0.2) is 0 Å². The van der Waals surface area contributed by atoms with Gasteiger partial charge >= 0.3 is 5.97 Å². The Bertz CT molecular complexity index is 467. The molecule has 0 aliphatic heterocycles. The molecule has 4 heteroatoms. The highest BCUT2D eigenvalue weighted by atomic mass is 16.4. The monoisotopic (exact) mass is 350 g/mol. The second-order valence-corrected chi connectivity index (χ2v) is 7.27. The molecule has 2 unspecified atom stereocenters. The third kappa shape index (κ3) is 8.48. The fourth-order valence-electron chi connectivity index (χ4n) is 3.48. The van der Waals surface area contributed by atoms with Crippen molar-refractivity contribution in [3.63, 3.8) is 0 Å². The molecule has 0 spiro atoms. The Morgan fingerprint density at radius 1 is 1.32 bits per heavy atom. The summed E-state index contributed by atoms with van der Waals surface area (Å²) in [6, 6.07) is 0. The van der Waals surface area contributed by atoms with Crippen LogP contribution < -0.4 is 0 Å². The van der Waals surface area contributed by atoms with Crippen LogP contribution >= 0.6 is 0 Å². The van der Waals surface area contributed by atoms with Crippen LogP contribution in [0.2, 0.25) is 0 Å². The quantitative estimate of drug-likeness (QED) is 0.401. The summed E-state index contributed by atoms with van der Waals surface area (Å²) in [6.45, 7) is 4.21. The highest BCUT2D eigenvalue weighted by molar-refractivity contribution is 5.83. The molecular formula is C21H34O4. The van der Waals surface area contributed by atoms with Gasteiger partial charge in [-0.25, -0.2) is 0 Å². The van der Waals surface area contributed by atoms with Crippen LogP contribution in [0.5, 0.6) is 0 Å². The predicted octanol–water partition coefficient (Wildman–Crippen LogP) is 4.53. The van der Waals surface area contributed by atoms with E-state index in [1.165, 1.54) is 0 Å². The van der Waals surface area contributed by atoms with Gasteiger partial charge in [-0.2, -0.15) is 0 Å². The maximum Gasteiger partial charge on any atom is 0.303 e. The summed E-state index contributed by atoms with van der Waals surface area (Å²) in [5.74, 6) is 0.177. The normalized spacial score (nSPS) is 23.6. The lowest BCUT2D eigenvalue weighted by molar-refractivity contribution is -0.137. The highest BCUT2D eigenvalue weighted by Crippen LogP contribution is 2.33. The van der Waals surface area contributed by atoms with E-state index in [9.17, 15) is 14.7 Å². The number of hydrogen-bond donors (Lipinski definition) is 2. The SMILES string of the molecule is CCCC(C)C(O)CC=C[C@H]1CCC(=O)[C@@H]1CC=CCCCC(=O)O. The number of allylic oxidation sites excluding steroid dienone is 3. The minimum atomic E-state index is -0.764. The minimum absolute atomic E-state index is 0.0391. The summed E-state index contributed by atoms with van der Waals surface area (Å²) >= 11 is 0. The summed E-state index contributed by atoms with van der Waals surface area (Å²) in [7, 11) is 0. The first kappa shape index (κ1) is 21.6. The fourth-order valence-corrected chi connectivity index (χ4v) is 3.48. The van der Waals surface area contributed by atoms with Crippen LogP contribution in [0.1, 0.15) is 71.6 Å². The van der Waals surface area contributed by atoms with Crippen LogP contribution in [-0.4, -0.2) is 28.1 Å². The maximum atomic E-state index is 12.1. The van der Waals surface area contributed by atoms with Crippen molar-refractivity contribution in [2.45, 2.75) is 77.7 Å². The molecule has 1 aliphatic carbocycles. The standard InChI is InChI=1S/C21H34O4/c1-3-9-16(2)19(22)12-8-10-17-14-15-20(23)18(17)11-6-4-5-7-13-21(24)25/h4,6,8,10,16-19,22H,3,5,7,9,11-15H2,1-2H3,(H,24,25)/t16?,17-,18+,19?/m0/s1. The number of carbonyl (C=O) groups excluding carboxylic acids is 1. The van der Waals surface area contributed by atoms with Gasteiger partial charge in [0.25, 0.3) is 0 Å². The topological polar surface area (TPSA) is 74.6 Å². The zero-order valence-corrected chi connectivity index (χ0v) is 15.7. The van der Waals surface area contributed by atoms with E-state index in [0.29, 0.717) is 31.0 Å². The van der Waals surface area contributed by atoms with Crippen molar-refractivity contribution in [2.75, 3.05) is 0 Å². The molecule has 1 fully saturated rings. The lowest BCUT2D eigenvalue weighted by Gasteiger charge is -2.17. The predicted molar refractivity (Wildman–Crippen MR) is 100 cm³/mol. The fraction of sp³-hybridized carbons (Fsp3) is 0.714.